The minimum absolute atomic E-state index is 0.158. The number of thiazole rings is 1. The molecule has 0 aliphatic heterocycles. The van der Waals surface area contributed by atoms with Gasteiger partial charge in [-0.3, -0.25) is 10.1 Å². The highest BCUT2D eigenvalue weighted by atomic mass is 35.5. The van der Waals surface area contributed by atoms with Gasteiger partial charge in [0.25, 0.3) is 5.91 Å². The molecule has 0 bridgehead atoms. The lowest BCUT2D eigenvalue weighted by molar-refractivity contribution is 0.0977. The van der Waals surface area contributed by atoms with Crippen LogP contribution in [0, 0.1) is 0 Å². The van der Waals surface area contributed by atoms with Crippen molar-refractivity contribution in [3.05, 3.63) is 76.6 Å². The van der Waals surface area contributed by atoms with Gasteiger partial charge in [-0.25, -0.2) is 4.98 Å². The van der Waals surface area contributed by atoms with Crippen LogP contribution in [0.2, 0.25) is 5.02 Å². The van der Waals surface area contributed by atoms with Gasteiger partial charge in [0.1, 0.15) is 5.75 Å². The maximum Gasteiger partial charge on any atom is 0.257 e. The second-order valence-corrected chi connectivity index (χ2v) is 8.00. The van der Waals surface area contributed by atoms with Gasteiger partial charge in [-0.15, -0.1) is 11.3 Å². The molecule has 2 N–H and O–H groups in total. The average molecular weight is 454 g/mol. The van der Waals surface area contributed by atoms with E-state index in [2.05, 4.69) is 33.8 Å². The van der Waals surface area contributed by atoms with Crippen LogP contribution in [0.15, 0.2) is 66.0 Å². The van der Waals surface area contributed by atoms with Crippen LogP contribution in [0.25, 0.3) is 22.0 Å². The summed E-state index contributed by atoms with van der Waals surface area (Å²) < 4.78 is 5.10. The van der Waals surface area contributed by atoms with E-state index in [4.69, 9.17) is 28.6 Å². The molecule has 4 aromatic rings. The first-order chi connectivity index (χ1) is 14.5. The Morgan fingerprint density at radius 3 is 2.73 bits per heavy atom. The van der Waals surface area contributed by atoms with E-state index in [1.54, 1.807) is 12.1 Å². The molecule has 0 unspecified atom stereocenters. The molecule has 0 radical (unpaired) electrons. The van der Waals surface area contributed by atoms with Crippen LogP contribution in [-0.2, 0) is 0 Å². The summed E-state index contributed by atoms with van der Waals surface area (Å²) in [4.78, 5) is 17.0. The first-order valence-electron chi connectivity index (χ1n) is 8.94. The van der Waals surface area contributed by atoms with Crippen LogP contribution in [0.1, 0.15) is 10.4 Å². The molecular weight excluding hydrogens is 438 g/mol. The van der Waals surface area contributed by atoms with Gasteiger partial charge in [-0.2, -0.15) is 0 Å². The highest BCUT2D eigenvalue weighted by Crippen LogP contribution is 2.31. The molecule has 0 saturated heterocycles. The van der Waals surface area contributed by atoms with E-state index in [1.807, 2.05) is 29.6 Å². The molecular formula is C22H16ClN3O2S2. The number of benzene rings is 3. The van der Waals surface area contributed by atoms with Gasteiger partial charge in [0.2, 0.25) is 0 Å². The second-order valence-electron chi connectivity index (χ2n) is 6.32. The van der Waals surface area contributed by atoms with Crippen molar-refractivity contribution < 1.29 is 9.53 Å². The molecule has 3 aromatic carbocycles. The Hall–Kier alpha value is -3.00. The van der Waals surface area contributed by atoms with Crippen molar-refractivity contribution in [2.45, 2.75) is 0 Å². The third kappa shape index (κ3) is 4.28. The fourth-order valence-corrected chi connectivity index (χ4v) is 4.24. The summed E-state index contributed by atoms with van der Waals surface area (Å²) in [6.07, 6.45) is 0. The van der Waals surface area contributed by atoms with Gasteiger partial charge in [-0.05, 0) is 41.2 Å². The summed E-state index contributed by atoms with van der Waals surface area (Å²) in [7, 11) is 1.51. The SMILES string of the molecule is COc1ccc(C(=O)NC(=S)Nc2nc(-c3cccc4ccccc34)cs2)cc1Cl. The van der Waals surface area contributed by atoms with Gasteiger partial charge in [0.05, 0.1) is 17.8 Å². The number of halogens is 1. The smallest absolute Gasteiger partial charge is 0.257 e. The molecule has 5 nitrogen and oxygen atoms in total. The average Bonchev–Trinajstić information content (AvgIpc) is 3.21. The lowest BCUT2D eigenvalue weighted by Crippen LogP contribution is -2.34. The Balaban J connectivity index is 1.46. The number of amides is 1. The van der Waals surface area contributed by atoms with E-state index >= 15 is 0 Å². The molecule has 0 aliphatic rings. The lowest BCUT2D eigenvalue weighted by Gasteiger charge is -2.09. The van der Waals surface area contributed by atoms with Crippen LogP contribution >= 0.6 is 35.2 Å². The quantitative estimate of drug-likeness (QED) is 0.385. The molecule has 8 heteroatoms. The highest BCUT2D eigenvalue weighted by molar-refractivity contribution is 7.80. The maximum absolute atomic E-state index is 12.4. The van der Waals surface area contributed by atoms with E-state index < -0.39 is 0 Å². The zero-order chi connectivity index (χ0) is 21.1. The monoisotopic (exact) mass is 453 g/mol. The van der Waals surface area contributed by atoms with Crippen LogP contribution in [0.3, 0.4) is 0 Å². The van der Waals surface area contributed by atoms with Crippen LogP contribution in [0.4, 0.5) is 5.13 Å². The number of hydrogen-bond acceptors (Lipinski definition) is 5. The van der Waals surface area contributed by atoms with Crippen molar-refractivity contribution in [2.75, 3.05) is 12.4 Å². The maximum atomic E-state index is 12.4. The Morgan fingerprint density at radius 1 is 1.13 bits per heavy atom. The molecule has 0 fully saturated rings. The summed E-state index contributed by atoms with van der Waals surface area (Å²) in [6.45, 7) is 0. The molecule has 0 saturated carbocycles. The molecule has 0 spiro atoms. The summed E-state index contributed by atoms with van der Waals surface area (Å²) in [5.74, 6) is 0.126. The molecule has 1 heterocycles. The highest BCUT2D eigenvalue weighted by Gasteiger charge is 2.13. The molecule has 150 valence electrons. The fraction of sp³-hybridized carbons (Fsp3) is 0.0455. The summed E-state index contributed by atoms with van der Waals surface area (Å²) in [5, 5.41) is 10.9. The topological polar surface area (TPSA) is 63.2 Å². The molecule has 1 amide bonds. The van der Waals surface area contributed by atoms with Crippen molar-refractivity contribution in [1.29, 1.82) is 0 Å². The summed E-state index contributed by atoms with van der Waals surface area (Å²) >= 11 is 12.8. The number of ether oxygens (including phenoxy) is 1. The second kappa shape index (κ2) is 8.79. The van der Waals surface area contributed by atoms with Gasteiger partial charge in [-0.1, -0.05) is 54.1 Å². The first-order valence-corrected chi connectivity index (χ1v) is 10.6. The van der Waals surface area contributed by atoms with Crippen molar-refractivity contribution >= 4 is 62.1 Å². The van der Waals surface area contributed by atoms with Crippen molar-refractivity contribution in [3.63, 3.8) is 0 Å². The van der Waals surface area contributed by atoms with Crippen LogP contribution < -0.4 is 15.4 Å². The predicted octanol–water partition coefficient (Wildman–Crippen LogP) is 5.75. The standard InChI is InChI=1S/C22H16ClN3O2S2/c1-28-19-10-9-14(11-17(19)23)20(27)25-21(29)26-22-24-18(12-30-22)16-8-4-6-13-5-2-3-7-15(13)16/h2-12H,1H3,(H2,24,25,26,27,29). The van der Waals surface area contributed by atoms with E-state index in [0.29, 0.717) is 21.5 Å². The number of aromatic nitrogens is 1. The van der Waals surface area contributed by atoms with E-state index in [1.165, 1.54) is 24.5 Å². The Kier molecular flexibility index (Phi) is 5.94. The van der Waals surface area contributed by atoms with E-state index in [9.17, 15) is 4.79 Å². The summed E-state index contributed by atoms with van der Waals surface area (Å²) in [6, 6.07) is 19.0. The third-order valence-corrected chi connectivity index (χ3v) is 5.69. The summed E-state index contributed by atoms with van der Waals surface area (Å²) in [5.41, 5.74) is 2.26. The predicted molar refractivity (Wildman–Crippen MR) is 127 cm³/mol. The molecule has 4 rings (SSSR count). The zero-order valence-corrected chi connectivity index (χ0v) is 18.2. The number of methoxy groups -OCH3 is 1. The number of nitrogens with one attached hydrogen (secondary N) is 2. The number of rotatable bonds is 4. The molecule has 1 aromatic heterocycles. The number of carbonyl (C=O) groups excluding carboxylic acids is 1. The van der Waals surface area contributed by atoms with Gasteiger partial charge < -0.3 is 10.1 Å². The third-order valence-electron chi connectivity index (χ3n) is 4.43. The first kappa shape index (κ1) is 20.3. The number of hydrogen-bond donors (Lipinski definition) is 2. The van der Waals surface area contributed by atoms with Crippen LogP contribution in [-0.4, -0.2) is 23.1 Å². The largest absolute Gasteiger partial charge is 0.495 e. The molecule has 0 atom stereocenters. The number of anilines is 1. The number of thiocarbonyl (C=S) groups is 1. The minimum Gasteiger partial charge on any atom is -0.495 e. The normalized spacial score (nSPS) is 10.6. The molecule has 0 aliphatic carbocycles. The molecule has 30 heavy (non-hydrogen) atoms. The Morgan fingerprint density at radius 2 is 1.93 bits per heavy atom. The van der Waals surface area contributed by atoms with Crippen molar-refractivity contribution in [2.24, 2.45) is 0 Å². The van der Waals surface area contributed by atoms with Gasteiger partial charge in [0.15, 0.2) is 10.2 Å². The van der Waals surface area contributed by atoms with Crippen molar-refractivity contribution in [1.82, 2.24) is 10.3 Å². The fourth-order valence-electron chi connectivity index (χ4n) is 3.01. The van der Waals surface area contributed by atoms with Gasteiger partial charge in [0, 0.05) is 16.5 Å². The van der Waals surface area contributed by atoms with E-state index in [0.717, 1.165) is 22.0 Å². The number of fused-ring (bicyclic) bond motifs is 1. The van der Waals surface area contributed by atoms with E-state index in [-0.39, 0.29) is 11.0 Å². The Bertz CT molecular complexity index is 1250. The minimum atomic E-state index is -0.372. The number of carbonyl (C=O) groups is 1. The van der Waals surface area contributed by atoms with Gasteiger partial charge >= 0.3 is 0 Å². The van der Waals surface area contributed by atoms with Crippen LogP contribution in [0.5, 0.6) is 5.75 Å². The zero-order valence-electron chi connectivity index (χ0n) is 15.8. The van der Waals surface area contributed by atoms with Crippen molar-refractivity contribution in [3.8, 4) is 17.0 Å². The number of nitrogens with zero attached hydrogens (tertiary/aromatic N) is 1. The lowest BCUT2D eigenvalue weighted by atomic mass is 10.0. The Labute approximate surface area is 187 Å².